The fraction of sp³-hybridized carbons (Fsp3) is 0.400. The molecular weight excluding hydrogens is 598 g/mol. The number of carbonyl (C=O) groups is 1. The molecule has 230 valence electrons. The van der Waals surface area contributed by atoms with Crippen molar-refractivity contribution >= 4 is 17.6 Å². The summed E-state index contributed by atoms with van der Waals surface area (Å²) in [5.41, 5.74) is -1.88. The zero-order chi connectivity index (χ0) is 31.2. The lowest BCUT2D eigenvalue weighted by atomic mass is 10.0. The Hall–Kier alpha value is -3.60. The number of urea groups is 1. The normalized spacial score (nSPS) is 14.3. The van der Waals surface area contributed by atoms with E-state index < -0.39 is 61.1 Å². The molecule has 0 aliphatic heterocycles. The van der Waals surface area contributed by atoms with Gasteiger partial charge < -0.3 is 20.8 Å². The van der Waals surface area contributed by atoms with Gasteiger partial charge in [-0.15, -0.1) is 5.10 Å². The maximum atomic E-state index is 13.3. The molecule has 1 heterocycles. The van der Waals surface area contributed by atoms with Crippen molar-refractivity contribution in [1.82, 2.24) is 30.3 Å². The van der Waals surface area contributed by atoms with Crippen LogP contribution in [0.15, 0.2) is 53.3 Å². The molecule has 0 aliphatic rings. The minimum atomic E-state index is -5.05. The summed E-state index contributed by atoms with van der Waals surface area (Å²) in [6, 6.07) is 7.98. The van der Waals surface area contributed by atoms with Gasteiger partial charge in [0.15, 0.2) is 11.9 Å². The Balaban J connectivity index is 1.92. The third-order valence-electron chi connectivity index (χ3n) is 5.92. The lowest BCUT2D eigenvalue weighted by Crippen LogP contribution is -2.45. The molecule has 0 saturated heterocycles. The smallest absolute Gasteiger partial charge is 0.382 e. The van der Waals surface area contributed by atoms with Gasteiger partial charge >= 0.3 is 24.1 Å². The Kier molecular flexibility index (Phi) is 10.6. The van der Waals surface area contributed by atoms with Gasteiger partial charge in [-0.05, 0) is 48.9 Å². The molecule has 3 aromatic rings. The van der Waals surface area contributed by atoms with Gasteiger partial charge in [-0.25, -0.2) is 14.3 Å². The SMILES string of the molecule is CCNC(=O)NCC(NC(O)Cn1nc(-c2ccc(Cl)cc2)n(C[C@H](O)C(F)(F)F)c1=O)c1cccc(C(F)(F)F)c1. The number of nitrogens with one attached hydrogen (secondary N) is 3. The first-order chi connectivity index (χ1) is 19.6. The Labute approximate surface area is 239 Å². The number of hydrogen-bond acceptors (Lipinski definition) is 6. The van der Waals surface area contributed by atoms with Crippen molar-refractivity contribution in [2.24, 2.45) is 0 Å². The summed E-state index contributed by atoms with van der Waals surface area (Å²) >= 11 is 5.87. The van der Waals surface area contributed by atoms with E-state index in [4.69, 9.17) is 11.6 Å². The second kappa shape index (κ2) is 13.6. The first kappa shape index (κ1) is 32.9. The van der Waals surface area contributed by atoms with E-state index in [2.05, 4.69) is 21.0 Å². The predicted octanol–water partition coefficient (Wildman–Crippen LogP) is 3.28. The van der Waals surface area contributed by atoms with Crippen LogP contribution in [0.4, 0.5) is 31.1 Å². The van der Waals surface area contributed by atoms with E-state index in [0.717, 1.165) is 18.2 Å². The molecular formula is C25H27ClF6N6O4. The summed E-state index contributed by atoms with van der Waals surface area (Å²) in [5, 5.41) is 32.2. The Morgan fingerprint density at radius 1 is 1.02 bits per heavy atom. The lowest BCUT2D eigenvalue weighted by Gasteiger charge is -2.24. The fourth-order valence-corrected chi connectivity index (χ4v) is 4.01. The number of amides is 2. The molecule has 0 spiro atoms. The molecule has 2 amide bonds. The van der Waals surface area contributed by atoms with Gasteiger partial charge in [0.05, 0.1) is 24.7 Å². The van der Waals surface area contributed by atoms with Gasteiger partial charge in [-0.3, -0.25) is 9.88 Å². The average Bonchev–Trinajstić information content (AvgIpc) is 3.20. The van der Waals surface area contributed by atoms with Crippen LogP contribution in [0.5, 0.6) is 0 Å². The van der Waals surface area contributed by atoms with Crippen molar-refractivity contribution in [1.29, 1.82) is 0 Å². The average molecular weight is 625 g/mol. The van der Waals surface area contributed by atoms with Crippen molar-refractivity contribution in [3.63, 3.8) is 0 Å². The molecule has 0 bridgehead atoms. The molecule has 0 fully saturated rings. The molecule has 0 radical (unpaired) electrons. The minimum absolute atomic E-state index is 0.0358. The molecule has 1 aromatic heterocycles. The van der Waals surface area contributed by atoms with E-state index in [9.17, 15) is 46.1 Å². The highest BCUT2D eigenvalue weighted by Crippen LogP contribution is 2.31. The predicted molar refractivity (Wildman–Crippen MR) is 139 cm³/mol. The van der Waals surface area contributed by atoms with Crippen molar-refractivity contribution < 1.29 is 41.4 Å². The molecule has 17 heteroatoms. The van der Waals surface area contributed by atoms with E-state index >= 15 is 0 Å². The number of alkyl halides is 6. The number of aliphatic hydroxyl groups is 2. The molecule has 3 rings (SSSR count). The monoisotopic (exact) mass is 624 g/mol. The Bertz CT molecular complexity index is 1410. The number of halogens is 7. The standard InChI is InChI=1S/C25H27ClF6N6O4/c1-2-33-22(41)34-11-18(15-4-3-5-16(10-15)24(27,28)29)35-20(40)13-38-23(42)37(12-19(39)25(30,31)32)21(36-38)14-6-8-17(26)9-7-14/h3-10,18-20,35,39-40H,2,11-13H2,1H3,(H2,33,34,41)/t18?,19-,20?/m0/s1. The van der Waals surface area contributed by atoms with E-state index in [0.29, 0.717) is 14.3 Å². The lowest BCUT2D eigenvalue weighted by molar-refractivity contribution is -0.207. The summed E-state index contributed by atoms with van der Waals surface area (Å²) in [6.07, 6.45) is -14.3. The van der Waals surface area contributed by atoms with Crippen molar-refractivity contribution in [2.75, 3.05) is 13.1 Å². The molecule has 3 atom stereocenters. The van der Waals surface area contributed by atoms with Crippen molar-refractivity contribution in [2.45, 2.75) is 50.7 Å². The first-order valence-corrected chi connectivity index (χ1v) is 12.8. The summed E-state index contributed by atoms with van der Waals surface area (Å²) in [6.45, 7) is -0.241. The maximum Gasteiger partial charge on any atom is 0.416 e. The van der Waals surface area contributed by atoms with Crippen LogP contribution >= 0.6 is 11.6 Å². The topological polar surface area (TPSA) is 133 Å². The number of hydrogen-bond donors (Lipinski definition) is 5. The summed E-state index contributed by atoms with van der Waals surface area (Å²) in [5.74, 6) is -0.264. The van der Waals surface area contributed by atoms with Gasteiger partial charge in [-0.2, -0.15) is 26.3 Å². The van der Waals surface area contributed by atoms with Crippen LogP contribution in [0.25, 0.3) is 11.4 Å². The van der Waals surface area contributed by atoms with Crippen LogP contribution in [-0.4, -0.2) is 62.2 Å². The molecule has 0 saturated carbocycles. The quantitative estimate of drug-likeness (QED) is 0.164. The van der Waals surface area contributed by atoms with Gasteiger partial charge in [0.1, 0.15) is 6.23 Å². The first-order valence-electron chi connectivity index (χ1n) is 12.4. The molecule has 0 aliphatic carbocycles. The molecule has 2 unspecified atom stereocenters. The molecule has 42 heavy (non-hydrogen) atoms. The van der Waals surface area contributed by atoms with Gasteiger partial charge in [0, 0.05) is 23.7 Å². The highest BCUT2D eigenvalue weighted by molar-refractivity contribution is 6.30. The van der Waals surface area contributed by atoms with E-state index in [1.54, 1.807) is 6.92 Å². The van der Waals surface area contributed by atoms with Crippen molar-refractivity contribution in [3.05, 3.63) is 75.2 Å². The highest BCUT2D eigenvalue weighted by atomic mass is 35.5. The number of rotatable bonds is 11. The van der Waals surface area contributed by atoms with Crippen LogP contribution in [0.2, 0.25) is 5.02 Å². The maximum absolute atomic E-state index is 13.3. The highest BCUT2D eigenvalue weighted by Gasteiger charge is 2.39. The molecule has 10 nitrogen and oxygen atoms in total. The number of aliphatic hydroxyl groups excluding tert-OH is 2. The Morgan fingerprint density at radius 3 is 2.29 bits per heavy atom. The Morgan fingerprint density at radius 2 is 1.69 bits per heavy atom. The largest absolute Gasteiger partial charge is 0.416 e. The number of benzene rings is 2. The van der Waals surface area contributed by atoms with Crippen LogP contribution in [0.3, 0.4) is 0 Å². The van der Waals surface area contributed by atoms with Gasteiger partial charge in [0.25, 0.3) is 0 Å². The second-order valence-electron chi connectivity index (χ2n) is 9.06. The van der Waals surface area contributed by atoms with E-state index in [-0.39, 0.29) is 30.0 Å². The van der Waals surface area contributed by atoms with Crippen molar-refractivity contribution in [3.8, 4) is 11.4 Å². The third kappa shape index (κ3) is 8.70. The van der Waals surface area contributed by atoms with Crippen LogP contribution < -0.4 is 21.6 Å². The van der Waals surface area contributed by atoms with Crippen LogP contribution in [-0.2, 0) is 19.3 Å². The van der Waals surface area contributed by atoms with Crippen LogP contribution in [0, 0.1) is 0 Å². The van der Waals surface area contributed by atoms with E-state index in [1.807, 2.05) is 0 Å². The van der Waals surface area contributed by atoms with Crippen LogP contribution in [0.1, 0.15) is 24.1 Å². The summed E-state index contributed by atoms with van der Waals surface area (Å²) < 4.78 is 80.4. The number of nitrogens with zero attached hydrogens (tertiary/aromatic N) is 3. The van der Waals surface area contributed by atoms with E-state index in [1.165, 1.54) is 30.3 Å². The van der Waals surface area contributed by atoms with Gasteiger partial charge in [0.2, 0.25) is 0 Å². The van der Waals surface area contributed by atoms with Gasteiger partial charge in [-0.1, -0.05) is 23.7 Å². The summed E-state index contributed by atoms with van der Waals surface area (Å²) in [7, 11) is 0. The minimum Gasteiger partial charge on any atom is -0.382 e. The number of carbonyl (C=O) groups excluding carboxylic acids is 1. The fourth-order valence-electron chi connectivity index (χ4n) is 3.88. The second-order valence-corrected chi connectivity index (χ2v) is 9.50. The molecule has 5 N–H and O–H groups in total. The zero-order valence-electron chi connectivity index (χ0n) is 21.9. The molecule has 2 aromatic carbocycles. The summed E-state index contributed by atoms with van der Waals surface area (Å²) in [4.78, 5) is 25.0. The number of aromatic nitrogens is 3. The third-order valence-corrected chi connectivity index (χ3v) is 6.17. The zero-order valence-corrected chi connectivity index (χ0v) is 22.6.